The molecule has 2 aromatic carbocycles. The molecular weight excluding hydrogens is 248 g/mol. The lowest BCUT2D eigenvalue weighted by molar-refractivity contribution is -0.119. The zero-order chi connectivity index (χ0) is 13.8. The summed E-state index contributed by atoms with van der Waals surface area (Å²) in [6.45, 7) is 1.71. The van der Waals surface area contributed by atoms with Crippen LogP contribution in [-0.2, 0) is 4.79 Å². The van der Waals surface area contributed by atoms with E-state index in [1.54, 1.807) is 0 Å². The number of hydrogen-bond donors (Lipinski definition) is 2. The number of amides is 1. The number of carbonyl (C=O) groups is 1. The van der Waals surface area contributed by atoms with E-state index in [9.17, 15) is 4.79 Å². The molecular formula is C17H18N2O. The smallest absolute Gasteiger partial charge is 0.228 e. The van der Waals surface area contributed by atoms with E-state index in [-0.39, 0.29) is 11.8 Å². The van der Waals surface area contributed by atoms with Crippen molar-refractivity contribution in [2.75, 3.05) is 18.4 Å². The van der Waals surface area contributed by atoms with Gasteiger partial charge in [-0.3, -0.25) is 4.79 Å². The minimum Gasteiger partial charge on any atom is -0.325 e. The van der Waals surface area contributed by atoms with Crippen LogP contribution in [0, 0.1) is 5.92 Å². The Bertz CT molecular complexity index is 589. The molecule has 1 aliphatic heterocycles. The molecule has 20 heavy (non-hydrogen) atoms. The number of carbonyl (C=O) groups excluding carboxylic acids is 1. The van der Waals surface area contributed by atoms with E-state index in [4.69, 9.17) is 0 Å². The topological polar surface area (TPSA) is 41.1 Å². The molecule has 0 bridgehead atoms. The van der Waals surface area contributed by atoms with Crippen LogP contribution in [0.1, 0.15) is 6.42 Å². The third-order valence-corrected chi connectivity index (χ3v) is 3.70. The molecule has 3 nitrogen and oxygen atoms in total. The zero-order valence-electron chi connectivity index (χ0n) is 11.3. The molecule has 1 unspecified atom stereocenters. The summed E-state index contributed by atoms with van der Waals surface area (Å²) in [5.41, 5.74) is 3.07. The second-order valence-corrected chi connectivity index (χ2v) is 5.09. The van der Waals surface area contributed by atoms with E-state index in [0.717, 1.165) is 36.3 Å². The largest absolute Gasteiger partial charge is 0.325 e. The number of rotatable bonds is 3. The molecule has 0 aromatic heterocycles. The zero-order valence-corrected chi connectivity index (χ0v) is 11.3. The quantitative estimate of drug-likeness (QED) is 0.897. The standard InChI is InChI=1S/C17H18N2O/c20-17(14-10-11-18-12-14)19-16-9-5-4-8-15(16)13-6-2-1-3-7-13/h1-9,14,18H,10-12H2,(H,19,20). The van der Waals surface area contributed by atoms with Gasteiger partial charge in [0.25, 0.3) is 0 Å². The molecule has 0 spiro atoms. The van der Waals surface area contributed by atoms with Crippen LogP contribution in [0.4, 0.5) is 5.69 Å². The van der Waals surface area contributed by atoms with Gasteiger partial charge in [0.05, 0.1) is 5.92 Å². The van der Waals surface area contributed by atoms with E-state index in [2.05, 4.69) is 22.8 Å². The number of benzene rings is 2. The van der Waals surface area contributed by atoms with Gasteiger partial charge in [0, 0.05) is 17.8 Å². The summed E-state index contributed by atoms with van der Waals surface area (Å²) in [4.78, 5) is 12.2. The molecule has 1 amide bonds. The highest BCUT2D eigenvalue weighted by Gasteiger charge is 2.22. The molecule has 0 radical (unpaired) electrons. The SMILES string of the molecule is O=C(Nc1ccccc1-c1ccccc1)C1CCNC1. The lowest BCUT2D eigenvalue weighted by Crippen LogP contribution is -2.24. The summed E-state index contributed by atoms with van der Waals surface area (Å²) in [6, 6.07) is 18.1. The first kappa shape index (κ1) is 12.9. The van der Waals surface area contributed by atoms with Crippen molar-refractivity contribution in [2.24, 2.45) is 5.92 Å². The maximum atomic E-state index is 12.2. The number of anilines is 1. The van der Waals surface area contributed by atoms with Crippen molar-refractivity contribution < 1.29 is 4.79 Å². The molecule has 1 aliphatic rings. The van der Waals surface area contributed by atoms with Crippen LogP contribution in [0.25, 0.3) is 11.1 Å². The lowest BCUT2D eigenvalue weighted by Gasteiger charge is -2.14. The maximum absolute atomic E-state index is 12.2. The van der Waals surface area contributed by atoms with Gasteiger partial charge in [-0.05, 0) is 24.6 Å². The van der Waals surface area contributed by atoms with E-state index in [1.165, 1.54) is 0 Å². The van der Waals surface area contributed by atoms with Gasteiger partial charge < -0.3 is 10.6 Å². The minimum atomic E-state index is 0.0822. The Kier molecular flexibility index (Phi) is 3.79. The third-order valence-electron chi connectivity index (χ3n) is 3.70. The summed E-state index contributed by atoms with van der Waals surface area (Å²) >= 11 is 0. The molecule has 1 atom stereocenters. The van der Waals surface area contributed by atoms with Crippen LogP contribution in [0.2, 0.25) is 0 Å². The van der Waals surface area contributed by atoms with Gasteiger partial charge in [0.2, 0.25) is 5.91 Å². The van der Waals surface area contributed by atoms with Crippen LogP contribution in [0.3, 0.4) is 0 Å². The van der Waals surface area contributed by atoms with E-state index < -0.39 is 0 Å². The highest BCUT2D eigenvalue weighted by atomic mass is 16.1. The fraction of sp³-hybridized carbons (Fsp3) is 0.235. The molecule has 3 rings (SSSR count). The Hall–Kier alpha value is -2.13. The highest BCUT2D eigenvalue weighted by Crippen LogP contribution is 2.28. The first-order chi connectivity index (χ1) is 9.84. The maximum Gasteiger partial charge on any atom is 0.228 e. The van der Waals surface area contributed by atoms with Crippen LogP contribution in [0.5, 0.6) is 0 Å². The van der Waals surface area contributed by atoms with Crippen molar-refractivity contribution in [2.45, 2.75) is 6.42 Å². The average molecular weight is 266 g/mol. The molecule has 1 heterocycles. The van der Waals surface area contributed by atoms with Gasteiger partial charge >= 0.3 is 0 Å². The summed E-state index contributed by atoms with van der Waals surface area (Å²) < 4.78 is 0. The van der Waals surface area contributed by atoms with Gasteiger partial charge in [-0.1, -0.05) is 48.5 Å². The fourth-order valence-corrected chi connectivity index (χ4v) is 2.57. The summed E-state index contributed by atoms with van der Waals surface area (Å²) in [7, 11) is 0. The average Bonchev–Trinajstić information content (AvgIpc) is 3.03. The number of para-hydroxylation sites is 1. The van der Waals surface area contributed by atoms with Crippen LogP contribution in [-0.4, -0.2) is 19.0 Å². The van der Waals surface area contributed by atoms with Gasteiger partial charge in [-0.25, -0.2) is 0 Å². The lowest BCUT2D eigenvalue weighted by atomic mass is 10.0. The van der Waals surface area contributed by atoms with Crippen LogP contribution < -0.4 is 10.6 Å². The predicted octanol–water partition coefficient (Wildman–Crippen LogP) is 2.90. The molecule has 1 saturated heterocycles. The monoisotopic (exact) mass is 266 g/mol. The van der Waals surface area contributed by atoms with Gasteiger partial charge in [0.1, 0.15) is 0 Å². The Labute approximate surface area is 119 Å². The van der Waals surface area contributed by atoms with E-state index in [1.807, 2.05) is 42.5 Å². The Morgan fingerprint density at radius 2 is 1.80 bits per heavy atom. The Morgan fingerprint density at radius 1 is 1.05 bits per heavy atom. The third kappa shape index (κ3) is 2.73. The van der Waals surface area contributed by atoms with Crippen molar-refractivity contribution in [3.05, 3.63) is 54.6 Å². The Morgan fingerprint density at radius 3 is 2.55 bits per heavy atom. The number of hydrogen-bond acceptors (Lipinski definition) is 2. The first-order valence-electron chi connectivity index (χ1n) is 7.00. The van der Waals surface area contributed by atoms with Crippen molar-refractivity contribution in [1.29, 1.82) is 0 Å². The fourth-order valence-electron chi connectivity index (χ4n) is 2.57. The van der Waals surface area contributed by atoms with Crippen molar-refractivity contribution in [3.8, 4) is 11.1 Å². The summed E-state index contributed by atoms with van der Waals surface area (Å²) in [6.07, 6.45) is 0.916. The van der Waals surface area contributed by atoms with Gasteiger partial charge in [-0.15, -0.1) is 0 Å². The van der Waals surface area contributed by atoms with E-state index >= 15 is 0 Å². The predicted molar refractivity (Wildman–Crippen MR) is 81.5 cm³/mol. The molecule has 3 heteroatoms. The normalized spacial score (nSPS) is 17.9. The van der Waals surface area contributed by atoms with Crippen LogP contribution in [0.15, 0.2) is 54.6 Å². The van der Waals surface area contributed by atoms with Crippen molar-refractivity contribution in [1.82, 2.24) is 5.32 Å². The van der Waals surface area contributed by atoms with Crippen LogP contribution >= 0.6 is 0 Å². The highest BCUT2D eigenvalue weighted by molar-refractivity contribution is 5.97. The number of nitrogens with one attached hydrogen (secondary N) is 2. The second kappa shape index (κ2) is 5.88. The molecule has 102 valence electrons. The summed E-state index contributed by atoms with van der Waals surface area (Å²) in [5, 5.41) is 6.30. The van der Waals surface area contributed by atoms with Crippen molar-refractivity contribution in [3.63, 3.8) is 0 Å². The minimum absolute atomic E-state index is 0.0822. The molecule has 2 aromatic rings. The Balaban J connectivity index is 1.85. The molecule has 0 saturated carbocycles. The van der Waals surface area contributed by atoms with Gasteiger partial charge in [0.15, 0.2) is 0 Å². The first-order valence-corrected chi connectivity index (χ1v) is 7.00. The molecule has 2 N–H and O–H groups in total. The van der Waals surface area contributed by atoms with E-state index in [0.29, 0.717) is 0 Å². The summed E-state index contributed by atoms with van der Waals surface area (Å²) in [5.74, 6) is 0.192. The second-order valence-electron chi connectivity index (χ2n) is 5.09. The van der Waals surface area contributed by atoms with Crippen molar-refractivity contribution >= 4 is 11.6 Å². The molecule has 1 fully saturated rings. The van der Waals surface area contributed by atoms with Gasteiger partial charge in [-0.2, -0.15) is 0 Å². The molecule has 0 aliphatic carbocycles.